The first kappa shape index (κ1) is 6.55. The van der Waals surface area contributed by atoms with Crippen molar-refractivity contribution in [3.63, 3.8) is 0 Å². The third-order valence-corrected chi connectivity index (χ3v) is 0.997. The smallest absolute Gasteiger partial charge is 0.302 e. The van der Waals surface area contributed by atoms with Gasteiger partial charge in [0.1, 0.15) is 6.61 Å². The summed E-state index contributed by atoms with van der Waals surface area (Å²) in [5.74, 6) is -0.265. The summed E-state index contributed by atoms with van der Waals surface area (Å²) in [7, 11) is 0. The Kier molecular flexibility index (Phi) is 2.05. The maximum Gasteiger partial charge on any atom is 0.302 e. The molecular formula is C6H8O3. The number of carbonyl (C=O) groups excluding carboxylic acids is 1. The predicted octanol–water partition coefficient (Wildman–Crippen LogP) is 0.314. The number of hydrogen-bond donors (Lipinski definition) is 0. The first-order valence-corrected chi connectivity index (χ1v) is 2.74. The Bertz CT molecular complexity index is 107. The van der Waals surface area contributed by atoms with Gasteiger partial charge in [-0.15, -0.1) is 0 Å². The van der Waals surface area contributed by atoms with Crippen LogP contribution < -0.4 is 0 Å². The molecule has 0 bridgehead atoms. The molecule has 1 fully saturated rings. The molecule has 2 radical (unpaired) electrons. The molecule has 1 atom stereocenters. The topological polar surface area (TPSA) is 35.5 Å². The highest BCUT2D eigenvalue weighted by atomic mass is 16.6. The summed E-state index contributed by atoms with van der Waals surface area (Å²) in [5, 5.41) is 0. The van der Waals surface area contributed by atoms with E-state index >= 15 is 0 Å². The SMILES string of the molecule is CC(=O)OCC1[CH][CH]O1. The Labute approximate surface area is 53.9 Å². The molecule has 1 aliphatic heterocycles. The third-order valence-electron chi connectivity index (χ3n) is 0.997. The van der Waals surface area contributed by atoms with E-state index < -0.39 is 0 Å². The lowest BCUT2D eigenvalue weighted by Gasteiger charge is -2.23. The van der Waals surface area contributed by atoms with Crippen LogP contribution in [0.15, 0.2) is 0 Å². The van der Waals surface area contributed by atoms with E-state index in [1.165, 1.54) is 6.92 Å². The van der Waals surface area contributed by atoms with E-state index in [1.54, 1.807) is 6.61 Å². The molecule has 0 aromatic carbocycles. The zero-order chi connectivity index (χ0) is 6.69. The lowest BCUT2D eigenvalue weighted by atomic mass is 10.2. The average Bonchev–Trinajstić information content (AvgIpc) is 1.60. The van der Waals surface area contributed by atoms with Crippen molar-refractivity contribution in [3.8, 4) is 0 Å². The normalized spacial score (nSPS) is 24.8. The Morgan fingerprint density at radius 2 is 2.56 bits per heavy atom. The molecule has 1 saturated heterocycles. The van der Waals surface area contributed by atoms with Gasteiger partial charge >= 0.3 is 5.97 Å². The van der Waals surface area contributed by atoms with Crippen molar-refractivity contribution in [1.82, 2.24) is 0 Å². The second-order valence-corrected chi connectivity index (χ2v) is 1.81. The lowest BCUT2D eigenvalue weighted by molar-refractivity contribution is -0.145. The van der Waals surface area contributed by atoms with Crippen molar-refractivity contribution in [2.45, 2.75) is 13.0 Å². The highest BCUT2D eigenvalue weighted by Crippen LogP contribution is 2.13. The second kappa shape index (κ2) is 2.82. The molecule has 3 nitrogen and oxygen atoms in total. The largest absolute Gasteiger partial charge is 0.463 e. The van der Waals surface area contributed by atoms with Crippen molar-refractivity contribution in [2.24, 2.45) is 0 Å². The van der Waals surface area contributed by atoms with E-state index in [0.717, 1.165) is 0 Å². The quantitative estimate of drug-likeness (QED) is 0.502. The van der Waals surface area contributed by atoms with Crippen LogP contribution in [0.5, 0.6) is 0 Å². The molecule has 0 N–H and O–H groups in total. The first-order valence-electron chi connectivity index (χ1n) is 2.74. The van der Waals surface area contributed by atoms with Crippen LogP contribution in [0.3, 0.4) is 0 Å². The van der Waals surface area contributed by atoms with Crippen molar-refractivity contribution in [1.29, 1.82) is 0 Å². The molecule has 3 heteroatoms. The van der Waals surface area contributed by atoms with Gasteiger partial charge in [-0.2, -0.15) is 0 Å². The molecule has 1 rings (SSSR count). The van der Waals surface area contributed by atoms with Crippen LogP contribution in [0, 0.1) is 13.0 Å². The van der Waals surface area contributed by atoms with Crippen LogP contribution in [0.1, 0.15) is 6.92 Å². The Morgan fingerprint density at radius 3 is 2.89 bits per heavy atom. The van der Waals surface area contributed by atoms with Gasteiger partial charge in [-0.1, -0.05) is 0 Å². The minimum Gasteiger partial charge on any atom is -0.463 e. The van der Waals surface area contributed by atoms with Gasteiger partial charge in [-0.25, -0.2) is 0 Å². The summed E-state index contributed by atoms with van der Waals surface area (Å²) < 4.78 is 9.45. The molecule has 1 aliphatic rings. The van der Waals surface area contributed by atoms with Crippen molar-refractivity contribution < 1.29 is 14.3 Å². The van der Waals surface area contributed by atoms with Crippen LogP contribution in [0.4, 0.5) is 0 Å². The standard InChI is InChI=1S/C6H8O3/c1-5(7)9-4-6-2-3-8-6/h2-3,6H,4H2,1H3. The Morgan fingerprint density at radius 1 is 1.89 bits per heavy atom. The molecule has 0 aliphatic carbocycles. The third kappa shape index (κ3) is 2.01. The fourth-order valence-electron chi connectivity index (χ4n) is 0.484. The maximum absolute atomic E-state index is 10.2. The summed E-state index contributed by atoms with van der Waals surface area (Å²) in [6.07, 6.45) is 1.83. The predicted molar refractivity (Wildman–Crippen MR) is 30.1 cm³/mol. The van der Waals surface area contributed by atoms with Crippen LogP contribution in [0.2, 0.25) is 0 Å². The lowest BCUT2D eigenvalue weighted by Crippen LogP contribution is -2.29. The van der Waals surface area contributed by atoms with E-state index in [9.17, 15) is 4.79 Å². The number of carbonyl (C=O) groups is 1. The maximum atomic E-state index is 10.2. The van der Waals surface area contributed by atoms with Crippen molar-refractivity contribution >= 4 is 5.97 Å². The fraction of sp³-hybridized carbons (Fsp3) is 0.500. The van der Waals surface area contributed by atoms with Crippen LogP contribution in [0.25, 0.3) is 0 Å². The van der Waals surface area contributed by atoms with Gasteiger partial charge in [0.2, 0.25) is 0 Å². The molecular weight excluding hydrogens is 120 g/mol. The van der Waals surface area contributed by atoms with Gasteiger partial charge in [0.25, 0.3) is 0 Å². The first-order chi connectivity index (χ1) is 4.29. The molecule has 0 saturated carbocycles. The van der Waals surface area contributed by atoms with Gasteiger partial charge < -0.3 is 9.47 Å². The minimum atomic E-state index is -0.265. The van der Waals surface area contributed by atoms with Gasteiger partial charge in [-0.3, -0.25) is 4.79 Å². The highest BCUT2D eigenvalue weighted by molar-refractivity contribution is 5.65. The van der Waals surface area contributed by atoms with Crippen LogP contribution in [-0.4, -0.2) is 18.7 Å². The summed E-state index contributed by atoms with van der Waals surface area (Å²) in [4.78, 5) is 10.2. The zero-order valence-corrected chi connectivity index (χ0v) is 5.16. The van der Waals surface area contributed by atoms with E-state index in [1.807, 2.05) is 6.42 Å². The summed E-state index contributed by atoms with van der Waals surface area (Å²) in [5.41, 5.74) is 0. The van der Waals surface area contributed by atoms with Gasteiger partial charge in [0, 0.05) is 13.3 Å². The number of esters is 1. The van der Waals surface area contributed by atoms with Gasteiger partial charge in [0.15, 0.2) is 0 Å². The van der Waals surface area contributed by atoms with E-state index in [-0.39, 0.29) is 12.1 Å². The van der Waals surface area contributed by atoms with Crippen molar-refractivity contribution in [2.75, 3.05) is 6.61 Å². The van der Waals surface area contributed by atoms with E-state index in [4.69, 9.17) is 4.74 Å². The Hall–Kier alpha value is -0.570. The van der Waals surface area contributed by atoms with Crippen LogP contribution >= 0.6 is 0 Å². The molecule has 0 aromatic rings. The molecule has 0 amide bonds. The molecule has 0 spiro atoms. The summed E-state index contributed by atoms with van der Waals surface area (Å²) >= 11 is 0. The fourth-order valence-corrected chi connectivity index (χ4v) is 0.484. The Balaban J connectivity index is 1.97. The number of hydrogen-bond acceptors (Lipinski definition) is 3. The van der Waals surface area contributed by atoms with Crippen LogP contribution in [-0.2, 0) is 14.3 Å². The number of rotatable bonds is 2. The monoisotopic (exact) mass is 128 g/mol. The molecule has 0 aromatic heterocycles. The highest BCUT2D eigenvalue weighted by Gasteiger charge is 2.19. The number of ether oxygens (including phenoxy) is 2. The molecule has 9 heavy (non-hydrogen) atoms. The van der Waals surface area contributed by atoms with E-state index in [0.29, 0.717) is 6.61 Å². The minimum absolute atomic E-state index is 0.00565. The molecule has 1 unspecified atom stereocenters. The zero-order valence-electron chi connectivity index (χ0n) is 5.16. The van der Waals surface area contributed by atoms with Gasteiger partial charge in [-0.05, 0) is 0 Å². The molecule has 50 valence electrons. The molecule has 1 heterocycles. The average molecular weight is 128 g/mol. The van der Waals surface area contributed by atoms with E-state index in [2.05, 4.69) is 4.74 Å². The second-order valence-electron chi connectivity index (χ2n) is 1.81. The summed E-state index contributed by atoms with van der Waals surface area (Å²) in [6.45, 7) is 3.29. The van der Waals surface area contributed by atoms with Crippen molar-refractivity contribution in [3.05, 3.63) is 13.0 Å². The summed E-state index contributed by atoms with van der Waals surface area (Å²) in [6, 6.07) is 0. The van der Waals surface area contributed by atoms with Gasteiger partial charge in [0.05, 0.1) is 12.7 Å².